The van der Waals surface area contributed by atoms with Gasteiger partial charge in [0.25, 0.3) is 0 Å². The SMILES string of the molecule is CC1(O)CN(C(=O)C2(N)C3CCCOC3C2(C)C)C1. The molecule has 3 fully saturated rings. The quantitative estimate of drug-likeness (QED) is 0.708. The maximum absolute atomic E-state index is 12.7. The molecule has 19 heavy (non-hydrogen) atoms. The molecule has 108 valence electrons. The minimum atomic E-state index is -0.839. The van der Waals surface area contributed by atoms with E-state index < -0.39 is 11.1 Å². The summed E-state index contributed by atoms with van der Waals surface area (Å²) in [4.78, 5) is 14.4. The molecule has 3 unspecified atom stereocenters. The minimum absolute atomic E-state index is 0.0178. The van der Waals surface area contributed by atoms with Crippen molar-refractivity contribution >= 4 is 5.91 Å². The second-order valence-corrected chi connectivity index (χ2v) is 7.29. The third-order valence-electron chi connectivity index (χ3n) is 5.39. The molecule has 0 bridgehead atoms. The Hall–Kier alpha value is -0.650. The Morgan fingerprint density at radius 1 is 1.37 bits per heavy atom. The zero-order chi connectivity index (χ0) is 14.1. The summed E-state index contributed by atoms with van der Waals surface area (Å²) in [5.74, 6) is 0.102. The highest BCUT2D eigenvalue weighted by molar-refractivity contribution is 5.90. The highest BCUT2D eigenvalue weighted by Crippen LogP contribution is 2.58. The van der Waals surface area contributed by atoms with E-state index in [4.69, 9.17) is 10.5 Å². The zero-order valence-electron chi connectivity index (χ0n) is 12.0. The van der Waals surface area contributed by atoms with Crippen LogP contribution in [0.2, 0.25) is 0 Å². The van der Waals surface area contributed by atoms with E-state index in [-0.39, 0.29) is 23.3 Å². The standard InChI is InChI=1S/C14H24N2O3/c1-12(2)10-9(5-4-6-19-10)14(12,15)11(17)16-7-13(3,18)8-16/h9-10,18H,4-8,15H2,1-3H3. The Morgan fingerprint density at radius 3 is 2.58 bits per heavy atom. The van der Waals surface area contributed by atoms with Gasteiger partial charge >= 0.3 is 0 Å². The molecule has 2 heterocycles. The number of rotatable bonds is 1. The molecule has 0 aromatic carbocycles. The smallest absolute Gasteiger partial charge is 0.243 e. The van der Waals surface area contributed by atoms with E-state index in [0.717, 1.165) is 19.4 Å². The van der Waals surface area contributed by atoms with Crippen LogP contribution in [0.15, 0.2) is 0 Å². The summed E-state index contributed by atoms with van der Waals surface area (Å²) < 4.78 is 5.81. The first kappa shape index (κ1) is 13.3. The van der Waals surface area contributed by atoms with Gasteiger partial charge in [0.2, 0.25) is 5.91 Å². The molecule has 2 aliphatic heterocycles. The van der Waals surface area contributed by atoms with E-state index in [1.54, 1.807) is 11.8 Å². The number of nitrogens with zero attached hydrogens (tertiary/aromatic N) is 1. The number of hydrogen-bond acceptors (Lipinski definition) is 4. The van der Waals surface area contributed by atoms with Crippen LogP contribution in [-0.2, 0) is 9.53 Å². The molecule has 1 amide bonds. The lowest BCUT2D eigenvalue weighted by molar-refractivity contribution is -0.236. The molecule has 5 nitrogen and oxygen atoms in total. The molecule has 0 radical (unpaired) electrons. The van der Waals surface area contributed by atoms with Gasteiger partial charge in [-0.15, -0.1) is 0 Å². The number of hydrogen-bond donors (Lipinski definition) is 2. The molecule has 3 rings (SSSR count). The maximum atomic E-state index is 12.7. The minimum Gasteiger partial charge on any atom is -0.386 e. The van der Waals surface area contributed by atoms with Gasteiger partial charge in [0, 0.05) is 17.9 Å². The Balaban J connectivity index is 1.80. The van der Waals surface area contributed by atoms with E-state index in [9.17, 15) is 9.90 Å². The van der Waals surface area contributed by atoms with Crippen LogP contribution in [0.3, 0.4) is 0 Å². The molecule has 3 aliphatic rings. The first-order chi connectivity index (χ1) is 8.70. The number of carbonyl (C=O) groups is 1. The molecular formula is C14H24N2O3. The third kappa shape index (κ3) is 1.55. The molecule has 0 aromatic heterocycles. The number of nitrogens with two attached hydrogens (primary N) is 1. The highest BCUT2D eigenvalue weighted by Gasteiger charge is 2.71. The average molecular weight is 268 g/mol. The number of aliphatic hydroxyl groups is 1. The number of carbonyl (C=O) groups excluding carboxylic acids is 1. The van der Waals surface area contributed by atoms with E-state index in [0.29, 0.717) is 13.1 Å². The molecule has 1 aliphatic carbocycles. The van der Waals surface area contributed by atoms with E-state index in [2.05, 4.69) is 0 Å². The van der Waals surface area contributed by atoms with Crippen molar-refractivity contribution in [2.75, 3.05) is 19.7 Å². The van der Waals surface area contributed by atoms with E-state index in [1.165, 1.54) is 0 Å². The predicted octanol–water partition coefficient (Wildman–Crippen LogP) is 0.112. The summed E-state index contributed by atoms with van der Waals surface area (Å²) in [6, 6.07) is 0. The van der Waals surface area contributed by atoms with Gasteiger partial charge in [-0.05, 0) is 19.8 Å². The Kier molecular flexibility index (Phi) is 2.61. The predicted molar refractivity (Wildman–Crippen MR) is 70.4 cm³/mol. The topological polar surface area (TPSA) is 75.8 Å². The summed E-state index contributed by atoms with van der Waals surface area (Å²) in [7, 11) is 0. The van der Waals surface area contributed by atoms with Crippen LogP contribution in [-0.4, -0.2) is 52.9 Å². The largest absolute Gasteiger partial charge is 0.386 e. The van der Waals surface area contributed by atoms with Crippen LogP contribution >= 0.6 is 0 Å². The van der Waals surface area contributed by atoms with Crippen molar-refractivity contribution < 1.29 is 14.6 Å². The number of β-amino-alcohol motifs (C(OH)–C–C–N with tert-alkyl or cyclic N) is 1. The molecule has 0 spiro atoms. The van der Waals surface area contributed by atoms with Crippen molar-refractivity contribution in [3.05, 3.63) is 0 Å². The highest BCUT2D eigenvalue weighted by atomic mass is 16.5. The van der Waals surface area contributed by atoms with Crippen molar-refractivity contribution in [1.82, 2.24) is 4.90 Å². The monoisotopic (exact) mass is 268 g/mol. The normalized spacial score (nSPS) is 42.9. The lowest BCUT2D eigenvalue weighted by Gasteiger charge is -2.66. The lowest BCUT2D eigenvalue weighted by Crippen LogP contribution is -2.84. The van der Waals surface area contributed by atoms with Crippen LogP contribution in [0.4, 0.5) is 0 Å². The second kappa shape index (κ2) is 3.71. The van der Waals surface area contributed by atoms with Crippen LogP contribution in [0.25, 0.3) is 0 Å². The maximum Gasteiger partial charge on any atom is 0.243 e. The Bertz CT molecular complexity index is 413. The van der Waals surface area contributed by atoms with Gasteiger partial charge in [-0.3, -0.25) is 4.79 Å². The van der Waals surface area contributed by atoms with Crippen LogP contribution in [0.1, 0.15) is 33.6 Å². The van der Waals surface area contributed by atoms with E-state index >= 15 is 0 Å². The fourth-order valence-electron chi connectivity index (χ4n) is 4.19. The molecule has 0 aromatic rings. The number of likely N-dealkylation sites (tertiary alicyclic amines) is 1. The van der Waals surface area contributed by atoms with Gasteiger partial charge in [-0.2, -0.15) is 0 Å². The van der Waals surface area contributed by atoms with Crippen LogP contribution in [0, 0.1) is 11.3 Å². The zero-order valence-corrected chi connectivity index (χ0v) is 12.0. The van der Waals surface area contributed by atoms with Gasteiger partial charge in [-0.1, -0.05) is 13.8 Å². The van der Waals surface area contributed by atoms with Crippen molar-refractivity contribution in [2.45, 2.75) is 50.9 Å². The fraction of sp³-hybridized carbons (Fsp3) is 0.929. The van der Waals surface area contributed by atoms with Crippen molar-refractivity contribution in [3.8, 4) is 0 Å². The van der Waals surface area contributed by atoms with Gasteiger partial charge < -0.3 is 20.5 Å². The van der Waals surface area contributed by atoms with Crippen molar-refractivity contribution in [3.63, 3.8) is 0 Å². The number of fused-ring (bicyclic) bond motifs is 1. The third-order valence-corrected chi connectivity index (χ3v) is 5.39. The fourth-order valence-corrected chi connectivity index (χ4v) is 4.19. The average Bonchev–Trinajstić information content (AvgIpc) is 2.34. The van der Waals surface area contributed by atoms with Gasteiger partial charge in [0.15, 0.2) is 0 Å². The second-order valence-electron chi connectivity index (χ2n) is 7.29. The number of ether oxygens (including phenoxy) is 1. The van der Waals surface area contributed by atoms with Gasteiger partial charge in [-0.25, -0.2) is 0 Å². The van der Waals surface area contributed by atoms with Gasteiger partial charge in [0.1, 0.15) is 5.54 Å². The van der Waals surface area contributed by atoms with Crippen LogP contribution in [0.5, 0.6) is 0 Å². The summed E-state index contributed by atoms with van der Waals surface area (Å²) in [6.07, 6.45) is 2.03. The first-order valence-electron chi connectivity index (χ1n) is 7.12. The summed E-state index contributed by atoms with van der Waals surface area (Å²) in [5.41, 5.74) is 4.60. The summed E-state index contributed by atoms with van der Waals surface area (Å²) in [5, 5.41) is 9.79. The van der Waals surface area contributed by atoms with Crippen molar-refractivity contribution in [1.29, 1.82) is 0 Å². The summed E-state index contributed by atoms with van der Waals surface area (Å²) >= 11 is 0. The Labute approximate surface area is 114 Å². The molecule has 1 saturated carbocycles. The molecule has 2 saturated heterocycles. The molecule has 3 atom stereocenters. The summed E-state index contributed by atoms with van der Waals surface area (Å²) in [6.45, 7) is 7.34. The molecule has 3 N–H and O–H groups in total. The van der Waals surface area contributed by atoms with E-state index in [1.807, 2.05) is 13.8 Å². The first-order valence-corrected chi connectivity index (χ1v) is 7.12. The van der Waals surface area contributed by atoms with Gasteiger partial charge in [0.05, 0.1) is 24.8 Å². The number of amides is 1. The molecule has 5 heteroatoms. The van der Waals surface area contributed by atoms with Crippen molar-refractivity contribution in [2.24, 2.45) is 17.1 Å². The van der Waals surface area contributed by atoms with Crippen LogP contribution < -0.4 is 5.73 Å². The Morgan fingerprint density at radius 2 is 2.00 bits per heavy atom. The molecular weight excluding hydrogens is 244 g/mol. The lowest BCUT2D eigenvalue weighted by atomic mass is 9.46.